The summed E-state index contributed by atoms with van der Waals surface area (Å²) in [7, 11) is 0. The Morgan fingerprint density at radius 3 is 3.05 bits per heavy atom. The molecule has 0 unspecified atom stereocenters. The first-order valence-corrected chi connectivity index (χ1v) is 7.46. The normalized spacial score (nSPS) is 17.5. The van der Waals surface area contributed by atoms with Crippen LogP contribution in [-0.4, -0.2) is 38.9 Å². The molecule has 6 heteroatoms. The van der Waals surface area contributed by atoms with E-state index in [1.165, 1.54) is 0 Å². The summed E-state index contributed by atoms with van der Waals surface area (Å²) in [6.07, 6.45) is 8.51. The molecule has 1 saturated heterocycles. The molecule has 0 saturated carbocycles. The third-order valence-electron chi connectivity index (χ3n) is 3.72. The van der Waals surface area contributed by atoms with Gasteiger partial charge < -0.3 is 9.64 Å². The highest BCUT2D eigenvalue weighted by molar-refractivity contribution is 5.96. The minimum Gasteiger partial charge on any atom is -0.477 e. The van der Waals surface area contributed by atoms with Crippen molar-refractivity contribution in [1.29, 1.82) is 0 Å². The van der Waals surface area contributed by atoms with Crippen LogP contribution in [0.2, 0.25) is 0 Å². The van der Waals surface area contributed by atoms with Crippen LogP contribution in [0.4, 0.5) is 0 Å². The van der Waals surface area contributed by atoms with Crippen LogP contribution < -0.4 is 4.74 Å². The Morgan fingerprint density at radius 1 is 1.36 bits per heavy atom. The van der Waals surface area contributed by atoms with Crippen LogP contribution in [0.1, 0.15) is 41.9 Å². The fourth-order valence-corrected chi connectivity index (χ4v) is 2.76. The minimum atomic E-state index is -0.0651. The van der Waals surface area contributed by atoms with E-state index >= 15 is 0 Å². The van der Waals surface area contributed by atoms with Crippen molar-refractivity contribution >= 4 is 5.91 Å². The first-order valence-electron chi connectivity index (χ1n) is 7.46. The average molecular weight is 298 g/mol. The van der Waals surface area contributed by atoms with E-state index in [-0.39, 0.29) is 11.9 Å². The fraction of sp³-hybridized carbons (Fsp3) is 0.375. The van der Waals surface area contributed by atoms with Gasteiger partial charge in [-0.25, -0.2) is 4.98 Å². The van der Waals surface area contributed by atoms with Crippen molar-refractivity contribution in [3.05, 3.63) is 48.2 Å². The molecule has 1 aliphatic rings. The highest BCUT2D eigenvalue weighted by Crippen LogP contribution is 2.32. The molecule has 0 aliphatic carbocycles. The fourth-order valence-electron chi connectivity index (χ4n) is 2.76. The van der Waals surface area contributed by atoms with Crippen molar-refractivity contribution in [3.8, 4) is 5.88 Å². The average Bonchev–Trinajstić information content (AvgIpc) is 3.05. The lowest BCUT2D eigenvalue weighted by Gasteiger charge is -2.24. The number of rotatable bonds is 4. The van der Waals surface area contributed by atoms with E-state index in [1.807, 2.05) is 11.8 Å². The summed E-state index contributed by atoms with van der Waals surface area (Å²) in [5.74, 6) is 0.324. The molecule has 0 N–H and O–H groups in total. The van der Waals surface area contributed by atoms with Crippen LogP contribution >= 0.6 is 0 Å². The molecule has 2 aromatic heterocycles. The third-order valence-corrected chi connectivity index (χ3v) is 3.72. The number of pyridine rings is 1. The Balaban J connectivity index is 1.88. The van der Waals surface area contributed by atoms with Gasteiger partial charge in [-0.15, -0.1) is 0 Å². The van der Waals surface area contributed by atoms with Gasteiger partial charge in [-0.05, 0) is 31.9 Å². The van der Waals surface area contributed by atoms with Gasteiger partial charge >= 0.3 is 0 Å². The van der Waals surface area contributed by atoms with E-state index in [0.29, 0.717) is 24.6 Å². The molecule has 0 spiro atoms. The molecule has 22 heavy (non-hydrogen) atoms. The molecule has 1 aliphatic heterocycles. The lowest BCUT2D eigenvalue weighted by atomic mass is 10.1. The maximum Gasteiger partial charge on any atom is 0.259 e. The number of hydrogen-bond donors (Lipinski definition) is 0. The highest BCUT2D eigenvalue weighted by atomic mass is 16.5. The zero-order valence-corrected chi connectivity index (χ0v) is 12.5. The van der Waals surface area contributed by atoms with Gasteiger partial charge in [-0.2, -0.15) is 0 Å². The molecule has 1 fully saturated rings. The lowest BCUT2D eigenvalue weighted by Crippen LogP contribution is -2.31. The Hall–Kier alpha value is -2.50. The summed E-state index contributed by atoms with van der Waals surface area (Å²) in [5.41, 5.74) is 1.33. The SMILES string of the molecule is CCOc1ncccc1C(=O)N1CCC[C@@H]1c1cnccn1. The number of carbonyl (C=O) groups excluding carboxylic acids is 1. The molecule has 1 amide bonds. The minimum absolute atomic E-state index is 0.0316. The number of ether oxygens (including phenoxy) is 1. The van der Waals surface area contributed by atoms with E-state index in [9.17, 15) is 4.79 Å². The summed E-state index contributed by atoms with van der Waals surface area (Å²) >= 11 is 0. The molecule has 3 heterocycles. The standard InChI is InChI=1S/C16H18N4O2/c1-2-22-15-12(5-3-7-19-15)16(21)20-10-4-6-14(20)13-11-17-8-9-18-13/h3,5,7-9,11,14H,2,4,6,10H2,1H3/t14-/m1/s1. The van der Waals surface area contributed by atoms with Crippen molar-refractivity contribution < 1.29 is 9.53 Å². The zero-order chi connectivity index (χ0) is 15.4. The number of nitrogens with zero attached hydrogens (tertiary/aromatic N) is 4. The number of aromatic nitrogens is 3. The van der Waals surface area contributed by atoms with Crippen LogP contribution in [0.25, 0.3) is 0 Å². The number of likely N-dealkylation sites (tertiary alicyclic amines) is 1. The molecule has 114 valence electrons. The van der Waals surface area contributed by atoms with E-state index < -0.39 is 0 Å². The Bertz CT molecular complexity index is 648. The van der Waals surface area contributed by atoms with Gasteiger partial charge in [0.15, 0.2) is 0 Å². The molecule has 0 bridgehead atoms. The molecule has 0 radical (unpaired) electrons. The van der Waals surface area contributed by atoms with Crippen molar-refractivity contribution in [2.24, 2.45) is 0 Å². The zero-order valence-electron chi connectivity index (χ0n) is 12.5. The van der Waals surface area contributed by atoms with Crippen LogP contribution in [-0.2, 0) is 0 Å². The predicted molar refractivity (Wildman–Crippen MR) is 80.4 cm³/mol. The summed E-state index contributed by atoms with van der Waals surface area (Å²) in [5, 5.41) is 0. The maximum absolute atomic E-state index is 12.9. The van der Waals surface area contributed by atoms with Gasteiger partial charge in [0.2, 0.25) is 5.88 Å². The molecule has 0 aromatic carbocycles. The first-order chi connectivity index (χ1) is 10.8. The van der Waals surface area contributed by atoms with Crippen LogP contribution in [0.15, 0.2) is 36.9 Å². The van der Waals surface area contributed by atoms with Gasteiger partial charge in [0.1, 0.15) is 5.56 Å². The lowest BCUT2D eigenvalue weighted by molar-refractivity contribution is 0.0727. The van der Waals surface area contributed by atoms with Crippen molar-refractivity contribution in [3.63, 3.8) is 0 Å². The number of hydrogen-bond acceptors (Lipinski definition) is 5. The maximum atomic E-state index is 12.9. The molecular formula is C16H18N4O2. The summed E-state index contributed by atoms with van der Waals surface area (Å²) in [6, 6.07) is 3.48. The van der Waals surface area contributed by atoms with Gasteiger partial charge in [0.25, 0.3) is 5.91 Å². The second-order valence-corrected chi connectivity index (χ2v) is 5.08. The topological polar surface area (TPSA) is 68.2 Å². The van der Waals surface area contributed by atoms with Gasteiger partial charge in [0.05, 0.1) is 24.5 Å². The van der Waals surface area contributed by atoms with Gasteiger partial charge in [-0.3, -0.25) is 14.8 Å². The molecule has 3 rings (SSSR count). The largest absolute Gasteiger partial charge is 0.477 e. The first kappa shape index (κ1) is 14.4. The van der Waals surface area contributed by atoms with Crippen molar-refractivity contribution in [2.45, 2.75) is 25.8 Å². The summed E-state index contributed by atoms with van der Waals surface area (Å²) < 4.78 is 5.47. The van der Waals surface area contributed by atoms with Crippen LogP contribution in [0.3, 0.4) is 0 Å². The smallest absolute Gasteiger partial charge is 0.259 e. The van der Waals surface area contributed by atoms with Crippen LogP contribution in [0, 0.1) is 0 Å². The number of amides is 1. The third kappa shape index (κ3) is 2.77. The van der Waals surface area contributed by atoms with Crippen molar-refractivity contribution in [2.75, 3.05) is 13.2 Å². The van der Waals surface area contributed by atoms with Gasteiger partial charge in [-0.1, -0.05) is 0 Å². The molecule has 6 nitrogen and oxygen atoms in total. The Kier molecular flexibility index (Phi) is 4.27. The molecule has 2 aromatic rings. The van der Waals surface area contributed by atoms with E-state index in [1.54, 1.807) is 36.9 Å². The number of carbonyl (C=O) groups is 1. The second-order valence-electron chi connectivity index (χ2n) is 5.08. The van der Waals surface area contributed by atoms with E-state index in [0.717, 1.165) is 18.5 Å². The monoisotopic (exact) mass is 298 g/mol. The van der Waals surface area contributed by atoms with Gasteiger partial charge in [0, 0.05) is 25.1 Å². The van der Waals surface area contributed by atoms with Crippen molar-refractivity contribution in [1.82, 2.24) is 19.9 Å². The Morgan fingerprint density at radius 2 is 2.27 bits per heavy atom. The Labute approximate surface area is 129 Å². The second kappa shape index (κ2) is 6.51. The predicted octanol–water partition coefficient (Wildman–Crippen LogP) is 2.25. The summed E-state index contributed by atoms with van der Waals surface area (Å²) in [4.78, 5) is 27.3. The van der Waals surface area contributed by atoms with Crippen LogP contribution in [0.5, 0.6) is 5.88 Å². The quantitative estimate of drug-likeness (QED) is 0.866. The highest BCUT2D eigenvalue weighted by Gasteiger charge is 2.33. The molecular weight excluding hydrogens is 280 g/mol. The van der Waals surface area contributed by atoms with E-state index in [4.69, 9.17) is 4.74 Å². The molecule has 1 atom stereocenters. The summed E-state index contributed by atoms with van der Waals surface area (Å²) in [6.45, 7) is 3.06. The van der Waals surface area contributed by atoms with E-state index in [2.05, 4.69) is 15.0 Å².